The number of fused-ring (bicyclic) bond motifs is 4. The van der Waals surface area contributed by atoms with Gasteiger partial charge in [-0.3, -0.25) is 0 Å². The Morgan fingerprint density at radius 3 is 1.63 bits per heavy atom. The van der Waals surface area contributed by atoms with E-state index in [1.165, 1.54) is 55.3 Å². The summed E-state index contributed by atoms with van der Waals surface area (Å²) in [6.07, 6.45) is 0. The van der Waals surface area contributed by atoms with Gasteiger partial charge in [0, 0.05) is 0 Å². The van der Waals surface area contributed by atoms with Crippen molar-refractivity contribution in [1.29, 1.82) is 0 Å². The van der Waals surface area contributed by atoms with Gasteiger partial charge in [-0.05, 0) is 67.4 Å². The summed E-state index contributed by atoms with van der Waals surface area (Å²) in [5.74, 6) is 0. The Labute approximate surface area is 206 Å². The van der Waals surface area contributed by atoms with E-state index in [1.807, 2.05) is 0 Å². The van der Waals surface area contributed by atoms with Gasteiger partial charge in [-0.1, -0.05) is 133 Å². The van der Waals surface area contributed by atoms with Crippen molar-refractivity contribution in [2.45, 2.75) is 5.41 Å². The van der Waals surface area contributed by atoms with Crippen molar-refractivity contribution in [2.24, 2.45) is 0 Å². The van der Waals surface area contributed by atoms with Crippen LogP contribution in [0.4, 0.5) is 0 Å². The van der Waals surface area contributed by atoms with Gasteiger partial charge in [-0.2, -0.15) is 0 Å². The van der Waals surface area contributed by atoms with Crippen LogP contribution in [0.15, 0.2) is 146 Å². The van der Waals surface area contributed by atoms with Crippen LogP contribution in [-0.2, 0) is 5.41 Å². The first-order chi connectivity index (χ1) is 17.4. The molecule has 6 aromatic rings. The summed E-state index contributed by atoms with van der Waals surface area (Å²) in [5.41, 5.74) is 10.1. The molecule has 0 saturated carbocycles. The van der Waals surface area contributed by atoms with Crippen LogP contribution in [0.3, 0.4) is 0 Å². The van der Waals surface area contributed by atoms with E-state index in [2.05, 4.69) is 146 Å². The van der Waals surface area contributed by atoms with Gasteiger partial charge >= 0.3 is 0 Å². The van der Waals surface area contributed by atoms with Crippen molar-refractivity contribution in [3.63, 3.8) is 0 Å². The maximum atomic E-state index is 2.43. The summed E-state index contributed by atoms with van der Waals surface area (Å²) in [5, 5.41) is 2.54. The zero-order valence-corrected chi connectivity index (χ0v) is 19.4. The number of benzene rings is 6. The first-order valence-corrected chi connectivity index (χ1v) is 12.2. The molecule has 0 bridgehead atoms. The van der Waals surface area contributed by atoms with Crippen molar-refractivity contribution in [3.8, 4) is 22.3 Å². The highest BCUT2D eigenvalue weighted by Gasteiger charge is 2.45. The summed E-state index contributed by atoms with van der Waals surface area (Å²) < 4.78 is 0. The molecule has 0 aromatic heterocycles. The number of hydrogen-bond acceptors (Lipinski definition) is 0. The van der Waals surface area contributed by atoms with Crippen LogP contribution < -0.4 is 0 Å². The lowest BCUT2D eigenvalue weighted by molar-refractivity contribution is 0.769. The molecule has 7 rings (SSSR count). The molecule has 0 spiro atoms. The summed E-state index contributed by atoms with van der Waals surface area (Å²) in [6.45, 7) is 0. The number of hydrogen-bond donors (Lipinski definition) is 0. The van der Waals surface area contributed by atoms with E-state index in [9.17, 15) is 0 Å². The molecule has 0 atom stereocenters. The first kappa shape index (κ1) is 20.0. The topological polar surface area (TPSA) is 0 Å². The van der Waals surface area contributed by atoms with E-state index in [4.69, 9.17) is 0 Å². The van der Waals surface area contributed by atoms with Crippen LogP contribution in [0.1, 0.15) is 22.3 Å². The molecule has 0 fully saturated rings. The fourth-order valence-electron chi connectivity index (χ4n) is 5.99. The van der Waals surface area contributed by atoms with Crippen LogP contribution in [0.25, 0.3) is 33.0 Å². The second kappa shape index (κ2) is 7.82. The van der Waals surface area contributed by atoms with E-state index in [0.717, 1.165) is 0 Å². The Balaban J connectivity index is 1.55. The summed E-state index contributed by atoms with van der Waals surface area (Å²) in [4.78, 5) is 0. The van der Waals surface area contributed by atoms with Crippen LogP contribution in [0, 0.1) is 0 Å². The standard InChI is InChI=1S/C35H24/c1-3-13-29(14-4-1)35(30-15-5-2-6-16-30)33-18-10-9-17-31(33)32-22-21-28(24-34(32)35)27-20-19-25-11-7-8-12-26(25)23-27/h1-24H. The number of rotatable bonds is 3. The summed E-state index contributed by atoms with van der Waals surface area (Å²) in [7, 11) is 0. The van der Waals surface area contributed by atoms with Crippen molar-refractivity contribution in [3.05, 3.63) is 168 Å². The van der Waals surface area contributed by atoms with Crippen molar-refractivity contribution in [2.75, 3.05) is 0 Å². The Bertz CT molecular complexity index is 1640. The van der Waals surface area contributed by atoms with Crippen LogP contribution in [-0.4, -0.2) is 0 Å². The van der Waals surface area contributed by atoms with Crippen LogP contribution >= 0.6 is 0 Å². The first-order valence-electron chi connectivity index (χ1n) is 12.2. The highest BCUT2D eigenvalue weighted by atomic mass is 14.5. The molecule has 0 nitrogen and oxygen atoms in total. The largest absolute Gasteiger partial charge is 0.0713 e. The van der Waals surface area contributed by atoms with Gasteiger partial charge in [-0.25, -0.2) is 0 Å². The fraction of sp³-hybridized carbons (Fsp3) is 0.0286. The van der Waals surface area contributed by atoms with Gasteiger partial charge in [0.15, 0.2) is 0 Å². The minimum Gasteiger partial charge on any atom is -0.0622 e. The predicted molar refractivity (Wildman–Crippen MR) is 147 cm³/mol. The van der Waals surface area contributed by atoms with Crippen molar-refractivity contribution >= 4 is 10.8 Å². The normalized spacial score (nSPS) is 13.4. The molecule has 0 N–H and O–H groups in total. The fourth-order valence-corrected chi connectivity index (χ4v) is 5.99. The van der Waals surface area contributed by atoms with Crippen molar-refractivity contribution < 1.29 is 0 Å². The van der Waals surface area contributed by atoms with E-state index in [1.54, 1.807) is 0 Å². The average molecular weight is 445 g/mol. The summed E-state index contributed by atoms with van der Waals surface area (Å²) >= 11 is 0. The smallest absolute Gasteiger partial charge is 0.0622 e. The van der Waals surface area contributed by atoms with E-state index >= 15 is 0 Å². The highest BCUT2D eigenvalue weighted by molar-refractivity contribution is 5.91. The minimum absolute atomic E-state index is 0.360. The van der Waals surface area contributed by atoms with Crippen LogP contribution in [0.2, 0.25) is 0 Å². The predicted octanol–water partition coefficient (Wildman–Crippen LogP) is 8.87. The zero-order valence-electron chi connectivity index (χ0n) is 19.4. The van der Waals surface area contributed by atoms with Crippen LogP contribution in [0.5, 0.6) is 0 Å². The maximum Gasteiger partial charge on any atom is 0.0713 e. The van der Waals surface area contributed by atoms with Gasteiger partial charge in [0.2, 0.25) is 0 Å². The highest BCUT2D eigenvalue weighted by Crippen LogP contribution is 2.56. The van der Waals surface area contributed by atoms with Gasteiger partial charge in [0.1, 0.15) is 0 Å². The van der Waals surface area contributed by atoms with E-state index < -0.39 is 0 Å². The lowest BCUT2D eigenvalue weighted by atomic mass is 9.67. The molecule has 0 unspecified atom stereocenters. The monoisotopic (exact) mass is 444 g/mol. The van der Waals surface area contributed by atoms with Gasteiger partial charge in [0.05, 0.1) is 5.41 Å². The second-order valence-corrected chi connectivity index (χ2v) is 9.35. The molecule has 0 saturated heterocycles. The van der Waals surface area contributed by atoms with Gasteiger partial charge < -0.3 is 0 Å². The Morgan fingerprint density at radius 2 is 0.886 bits per heavy atom. The Morgan fingerprint density at radius 1 is 0.343 bits per heavy atom. The quantitative estimate of drug-likeness (QED) is 0.255. The molecule has 35 heavy (non-hydrogen) atoms. The van der Waals surface area contributed by atoms with Gasteiger partial charge in [0.25, 0.3) is 0 Å². The second-order valence-electron chi connectivity index (χ2n) is 9.35. The third-order valence-electron chi connectivity index (χ3n) is 7.54. The molecule has 0 heterocycles. The molecule has 0 heteroatoms. The molecule has 1 aliphatic carbocycles. The Hall–Kier alpha value is -4.42. The minimum atomic E-state index is -0.360. The lowest BCUT2D eigenvalue weighted by Crippen LogP contribution is -2.28. The molecular formula is C35H24. The Kier molecular flexibility index (Phi) is 4.47. The molecule has 164 valence electrons. The molecular weight excluding hydrogens is 420 g/mol. The molecule has 1 aliphatic rings. The third kappa shape index (κ3) is 2.93. The average Bonchev–Trinajstić information content (AvgIpc) is 3.24. The van der Waals surface area contributed by atoms with Gasteiger partial charge in [-0.15, -0.1) is 0 Å². The molecule has 0 amide bonds. The molecule has 0 radical (unpaired) electrons. The molecule has 0 aliphatic heterocycles. The maximum absolute atomic E-state index is 2.43. The van der Waals surface area contributed by atoms with Crippen molar-refractivity contribution in [1.82, 2.24) is 0 Å². The zero-order chi connectivity index (χ0) is 23.2. The van der Waals surface area contributed by atoms with E-state index in [-0.39, 0.29) is 5.41 Å². The lowest BCUT2D eigenvalue weighted by Gasteiger charge is -2.34. The molecule has 6 aromatic carbocycles. The van der Waals surface area contributed by atoms with E-state index in [0.29, 0.717) is 0 Å². The third-order valence-corrected chi connectivity index (χ3v) is 7.54. The summed E-state index contributed by atoms with van der Waals surface area (Å²) in [6, 6.07) is 53.3. The SMILES string of the molecule is c1ccc(C2(c3ccccc3)c3ccccc3-c3ccc(-c4ccc5ccccc5c4)cc32)cc1.